The Hall–Kier alpha value is -1.32. The van der Waals surface area contributed by atoms with Crippen LogP contribution in [0.3, 0.4) is 0 Å². The molecule has 0 N–H and O–H groups in total. The molecule has 1 atom stereocenters. The van der Waals surface area contributed by atoms with Gasteiger partial charge < -0.3 is 4.74 Å². The molecule has 1 unspecified atom stereocenters. The third-order valence-electron chi connectivity index (χ3n) is 2.50. The van der Waals surface area contributed by atoms with Crippen LogP contribution in [0.4, 0.5) is 0 Å². The van der Waals surface area contributed by atoms with Crippen LogP contribution in [0.2, 0.25) is 0 Å². The average Bonchev–Trinajstić information content (AvgIpc) is 2.20. The molecule has 1 heterocycles. The van der Waals surface area contributed by atoms with E-state index in [2.05, 4.69) is 13.8 Å². The fourth-order valence-electron chi connectivity index (χ4n) is 1.58. The van der Waals surface area contributed by atoms with Gasteiger partial charge in [-0.15, -0.1) is 0 Å². The van der Waals surface area contributed by atoms with Gasteiger partial charge >= 0.3 is 0 Å². The molecule has 0 aromatic carbocycles. The van der Waals surface area contributed by atoms with Gasteiger partial charge in [-0.1, -0.05) is 13.8 Å². The Labute approximate surface area is 84.6 Å². The Bertz CT molecular complexity index is 301. The Kier molecular flexibility index (Phi) is 3.68. The monoisotopic (exact) mass is 190 g/mol. The van der Waals surface area contributed by atoms with Gasteiger partial charge in [0.15, 0.2) is 0 Å². The van der Waals surface area contributed by atoms with Crippen molar-refractivity contribution in [3.8, 4) is 12.1 Å². The minimum absolute atomic E-state index is 0.162. The summed E-state index contributed by atoms with van der Waals surface area (Å²) in [7, 11) is 0. The zero-order valence-electron chi connectivity index (χ0n) is 8.58. The van der Waals surface area contributed by atoms with Crippen molar-refractivity contribution in [3.63, 3.8) is 0 Å². The third-order valence-corrected chi connectivity index (χ3v) is 2.50. The fraction of sp³-hybridized carbons (Fsp3) is 0.636. The number of rotatable bonds is 1. The van der Waals surface area contributed by atoms with E-state index in [-0.39, 0.29) is 11.7 Å². The molecule has 3 heteroatoms. The summed E-state index contributed by atoms with van der Waals surface area (Å²) < 4.78 is 5.56. The highest BCUT2D eigenvalue weighted by Gasteiger charge is 2.22. The largest absolute Gasteiger partial charge is 0.377 e. The molecule has 0 radical (unpaired) electrons. The van der Waals surface area contributed by atoms with Gasteiger partial charge in [0.2, 0.25) is 0 Å². The average molecular weight is 190 g/mol. The molecule has 0 spiro atoms. The molecule has 74 valence electrons. The molecule has 0 bridgehead atoms. The molecule has 1 fully saturated rings. The van der Waals surface area contributed by atoms with Crippen LogP contribution in [-0.4, -0.2) is 12.7 Å². The van der Waals surface area contributed by atoms with Gasteiger partial charge in [-0.2, -0.15) is 10.5 Å². The van der Waals surface area contributed by atoms with Gasteiger partial charge in [-0.3, -0.25) is 0 Å². The summed E-state index contributed by atoms with van der Waals surface area (Å²) in [6, 6.07) is 3.89. The lowest BCUT2D eigenvalue weighted by Crippen LogP contribution is -2.26. The van der Waals surface area contributed by atoms with Crippen LogP contribution in [0.25, 0.3) is 0 Å². The van der Waals surface area contributed by atoms with E-state index in [1.807, 2.05) is 12.1 Å². The summed E-state index contributed by atoms with van der Waals surface area (Å²) in [6.07, 6.45) is 1.61. The van der Waals surface area contributed by atoms with Gasteiger partial charge in [0.05, 0.1) is 12.7 Å². The van der Waals surface area contributed by atoms with Crippen molar-refractivity contribution in [2.45, 2.75) is 32.8 Å². The number of hydrogen-bond donors (Lipinski definition) is 0. The van der Waals surface area contributed by atoms with Crippen molar-refractivity contribution in [2.24, 2.45) is 5.92 Å². The lowest BCUT2D eigenvalue weighted by molar-refractivity contribution is 0.00638. The maximum Gasteiger partial charge on any atom is 0.129 e. The van der Waals surface area contributed by atoms with Crippen LogP contribution < -0.4 is 0 Å². The lowest BCUT2D eigenvalue weighted by atomic mass is 9.92. The van der Waals surface area contributed by atoms with Crippen LogP contribution in [0.15, 0.2) is 11.1 Å². The Morgan fingerprint density at radius 3 is 2.57 bits per heavy atom. The summed E-state index contributed by atoms with van der Waals surface area (Å²) >= 11 is 0. The molecule has 1 aliphatic heterocycles. The van der Waals surface area contributed by atoms with Crippen LogP contribution in [-0.2, 0) is 4.74 Å². The van der Waals surface area contributed by atoms with Crippen LogP contribution in [0.1, 0.15) is 26.7 Å². The number of nitrogens with zero attached hydrogens (tertiary/aromatic N) is 2. The van der Waals surface area contributed by atoms with E-state index in [4.69, 9.17) is 15.3 Å². The first-order valence-corrected chi connectivity index (χ1v) is 4.82. The molecule has 1 rings (SSSR count). The second kappa shape index (κ2) is 4.79. The van der Waals surface area contributed by atoms with E-state index in [9.17, 15) is 0 Å². The molecule has 0 aromatic heterocycles. The zero-order chi connectivity index (χ0) is 10.6. The molecule has 0 aromatic rings. The van der Waals surface area contributed by atoms with Gasteiger partial charge in [0, 0.05) is 0 Å². The molecular formula is C11H14N2O. The van der Waals surface area contributed by atoms with Crippen LogP contribution >= 0.6 is 0 Å². The lowest BCUT2D eigenvalue weighted by Gasteiger charge is -2.27. The van der Waals surface area contributed by atoms with E-state index in [0.717, 1.165) is 18.4 Å². The van der Waals surface area contributed by atoms with Crippen molar-refractivity contribution in [1.82, 2.24) is 0 Å². The van der Waals surface area contributed by atoms with Crippen molar-refractivity contribution in [3.05, 3.63) is 11.1 Å². The third kappa shape index (κ3) is 2.34. The van der Waals surface area contributed by atoms with E-state index in [1.165, 1.54) is 0 Å². The van der Waals surface area contributed by atoms with Crippen molar-refractivity contribution in [2.75, 3.05) is 6.61 Å². The molecule has 0 amide bonds. The molecule has 0 aliphatic carbocycles. The van der Waals surface area contributed by atoms with E-state index in [0.29, 0.717) is 12.5 Å². The molecule has 1 saturated heterocycles. The molecule has 1 aliphatic rings. The predicted molar refractivity (Wildman–Crippen MR) is 52.1 cm³/mol. The minimum atomic E-state index is 0.162. The smallest absolute Gasteiger partial charge is 0.129 e. The summed E-state index contributed by atoms with van der Waals surface area (Å²) in [5.74, 6) is 0.434. The molecule has 3 nitrogen and oxygen atoms in total. The van der Waals surface area contributed by atoms with Gasteiger partial charge in [0.25, 0.3) is 0 Å². The van der Waals surface area contributed by atoms with E-state index >= 15 is 0 Å². The highest BCUT2D eigenvalue weighted by molar-refractivity contribution is 5.40. The normalized spacial score (nSPS) is 21.5. The SMILES string of the molecule is CC(C)C1CC(=C(C#N)C#N)CCO1. The topological polar surface area (TPSA) is 56.8 Å². The van der Waals surface area contributed by atoms with Crippen LogP contribution in [0, 0.1) is 28.6 Å². The van der Waals surface area contributed by atoms with Crippen molar-refractivity contribution >= 4 is 0 Å². The maximum absolute atomic E-state index is 8.73. The Morgan fingerprint density at radius 2 is 2.07 bits per heavy atom. The quantitative estimate of drug-likeness (QED) is 0.595. The minimum Gasteiger partial charge on any atom is -0.377 e. The maximum atomic E-state index is 8.73. The number of hydrogen-bond acceptors (Lipinski definition) is 3. The van der Waals surface area contributed by atoms with E-state index in [1.54, 1.807) is 0 Å². The first-order valence-electron chi connectivity index (χ1n) is 4.82. The number of ether oxygens (including phenoxy) is 1. The summed E-state index contributed by atoms with van der Waals surface area (Å²) in [5.41, 5.74) is 1.24. The first kappa shape index (κ1) is 10.8. The van der Waals surface area contributed by atoms with Crippen molar-refractivity contribution in [1.29, 1.82) is 10.5 Å². The Morgan fingerprint density at radius 1 is 1.43 bits per heavy atom. The fourth-order valence-corrected chi connectivity index (χ4v) is 1.58. The second-order valence-corrected chi connectivity index (χ2v) is 3.81. The van der Waals surface area contributed by atoms with Crippen LogP contribution in [0.5, 0.6) is 0 Å². The van der Waals surface area contributed by atoms with Gasteiger partial charge in [-0.05, 0) is 24.3 Å². The summed E-state index contributed by atoms with van der Waals surface area (Å²) in [5, 5.41) is 17.5. The zero-order valence-corrected chi connectivity index (χ0v) is 8.58. The molecule has 14 heavy (non-hydrogen) atoms. The van der Waals surface area contributed by atoms with Gasteiger partial charge in [0.1, 0.15) is 17.7 Å². The summed E-state index contributed by atoms with van der Waals surface area (Å²) in [4.78, 5) is 0. The second-order valence-electron chi connectivity index (χ2n) is 3.81. The predicted octanol–water partition coefficient (Wildman–Crippen LogP) is 2.17. The standard InChI is InChI=1S/C11H14N2O/c1-8(2)11-5-9(3-4-14-11)10(6-12)7-13/h8,11H,3-5H2,1-2H3. The first-order chi connectivity index (χ1) is 6.69. The Balaban J connectivity index is 2.80. The summed E-state index contributed by atoms with van der Waals surface area (Å²) in [6.45, 7) is 4.81. The number of allylic oxidation sites excluding steroid dienone is 1. The highest BCUT2D eigenvalue weighted by Crippen LogP contribution is 2.26. The number of nitriles is 2. The van der Waals surface area contributed by atoms with Gasteiger partial charge in [-0.25, -0.2) is 0 Å². The van der Waals surface area contributed by atoms with E-state index < -0.39 is 0 Å². The molecular weight excluding hydrogens is 176 g/mol. The molecule has 0 saturated carbocycles. The van der Waals surface area contributed by atoms with Crippen molar-refractivity contribution < 1.29 is 4.74 Å². The highest BCUT2D eigenvalue weighted by atomic mass is 16.5.